The highest BCUT2D eigenvalue weighted by Gasteiger charge is 2.33. The molecule has 2 rings (SSSR count). The molecule has 1 atom stereocenters. The van der Waals surface area contributed by atoms with E-state index in [-0.39, 0.29) is 0 Å². The van der Waals surface area contributed by atoms with Crippen molar-refractivity contribution >= 4 is 0 Å². The van der Waals surface area contributed by atoms with Gasteiger partial charge in [-0.3, -0.25) is 0 Å². The number of alkyl halides is 1. The Labute approximate surface area is 133 Å². The minimum Gasteiger partial charge on any atom is -0.242 e. The smallest absolute Gasteiger partial charge is 0.200 e. The lowest BCUT2D eigenvalue weighted by atomic mass is 9.98. The molecule has 0 aliphatic carbocycles. The van der Waals surface area contributed by atoms with Crippen LogP contribution in [0.15, 0.2) is 0 Å². The number of halogens is 10. The number of rotatable bonds is 3. The molecule has 25 heavy (non-hydrogen) atoms. The van der Waals surface area contributed by atoms with E-state index in [9.17, 15) is 43.9 Å². The molecule has 136 valence electrons. The molecule has 0 aliphatic heterocycles. The van der Waals surface area contributed by atoms with Gasteiger partial charge in [-0.1, -0.05) is 0 Å². The molecule has 0 saturated carbocycles. The highest BCUT2D eigenvalue weighted by Crippen LogP contribution is 2.34. The molecule has 0 radical (unpaired) electrons. The first kappa shape index (κ1) is 19.1. The maximum atomic E-state index is 14.0. The van der Waals surface area contributed by atoms with Crippen LogP contribution in [0.25, 0.3) is 0 Å². The van der Waals surface area contributed by atoms with Crippen LogP contribution in [-0.2, 0) is 6.42 Å². The van der Waals surface area contributed by atoms with E-state index >= 15 is 0 Å². The van der Waals surface area contributed by atoms with Gasteiger partial charge in [0.2, 0.25) is 5.82 Å². The van der Waals surface area contributed by atoms with Crippen molar-refractivity contribution < 1.29 is 43.9 Å². The van der Waals surface area contributed by atoms with Crippen LogP contribution in [0.2, 0.25) is 0 Å². The Balaban J connectivity index is 2.58. The van der Waals surface area contributed by atoms with Gasteiger partial charge in [0.15, 0.2) is 46.5 Å². The first-order valence-electron chi connectivity index (χ1n) is 6.47. The summed E-state index contributed by atoms with van der Waals surface area (Å²) in [5.41, 5.74) is -4.64. The van der Waals surface area contributed by atoms with Gasteiger partial charge < -0.3 is 0 Å². The van der Waals surface area contributed by atoms with Gasteiger partial charge in [0, 0.05) is 17.5 Å². The molecule has 1 unspecified atom stereocenters. The van der Waals surface area contributed by atoms with Crippen LogP contribution in [0.1, 0.15) is 22.9 Å². The summed E-state index contributed by atoms with van der Waals surface area (Å²) in [5.74, 6) is -20.5. The summed E-state index contributed by atoms with van der Waals surface area (Å²) in [5, 5.41) is 0. The van der Waals surface area contributed by atoms with E-state index < -0.39 is 81.6 Å². The summed E-state index contributed by atoms with van der Waals surface area (Å²) in [7, 11) is 0. The minimum atomic E-state index is -3.17. The SMILES string of the molecule is Cc1c(F)c(F)c(CC(F)c2c(F)c(F)c(F)c(F)c2F)c(F)c1F. The van der Waals surface area contributed by atoms with E-state index in [0.717, 1.165) is 0 Å². The Bertz CT molecular complexity index is 800. The molecule has 2 aromatic rings. The fourth-order valence-electron chi connectivity index (χ4n) is 2.14. The molecular weight excluding hydrogens is 370 g/mol. The fraction of sp³-hybridized carbons (Fsp3) is 0.200. The molecule has 0 aliphatic rings. The Morgan fingerprint density at radius 2 is 0.920 bits per heavy atom. The van der Waals surface area contributed by atoms with Crippen LogP contribution < -0.4 is 0 Å². The third kappa shape index (κ3) is 2.93. The fourth-order valence-corrected chi connectivity index (χ4v) is 2.14. The normalized spacial score (nSPS) is 12.6. The van der Waals surface area contributed by atoms with E-state index in [1.54, 1.807) is 0 Å². The number of benzene rings is 2. The summed E-state index contributed by atoms with van der Waals surface area (Å²) < 4.78 is 134. The Hall–Kier alpha value is -2.26. The van der Waals surface area contributed by atoms with E-state index in [0.29, 0.717) is 6.92 Å². The molecule has 0 spiro atoms. The molecule has 0 saturated heterocycles. The third-order valence-corrected chi connectivity index (χ3v) is 3.51. The quantitative estimate of drug-likeness (QED) is 0.377. The van der Waals surface area contributed by atoms with Gasteiger partial charge in [-0.05, 0) is 6.92 Å². The van der Waals surface area contributed by atoms with Crippen LogP contribution in [0.3, 0.4) is 0 Å². The van der Waals surface area contributed by atoms with E-state index in [2.05, 4.69) is 0 Å². The van der Waals surface area contributed by atoms with Crippen molar-refractivity contribution in [2.24, 2.45) is 0 Å². The number of hydrogen-bond donors (Lipinski definition) is 0. The second kappa shape index (κ2) is 6.57. The summed E-state index contributed by atoms with van der Waals surface area (Å²) in [6, 6.07) is 0. The first-order valence-corrected chi connectivity index (χ1v) is 6.47. The second-order valence-electron chi connectivity index (χ2n) is 5.01. The third-order valence-electron chi connectivity index (χ3n) is 3.51. The van der Waals surface area contributed by atoms with Gasteiger partial charge in [0.05, 0.1) is 5.56 Å². The Morgan fingerprint density at radius 1 is 0.560 bits per heavy atom. The zero-order valence-corrected chi connectivity index (χ0v) is 12.1. The van der Waals surface area contributed by atoms with Crippen molar-refractivity contribution in [1.82, 2.24) is 0 Å². The molecule has 0 aromatic heterocycles. The van der Waals surface area contributed by atoms with E-state index in [4.69, 9.17) is 0 Å². The van der Waals surface area contributed by atoms with Crippen LogP contribution in [0.5, 0.6) is 0 Å². The topological polar surface area (TPSA) is 0 Å². The molecule has 0 fully saturated rings. The minimum absolute atomic E-state index is 0.678. The summed E-state index contributed by atoms with van der Waals surface area (Å²) in [4.78, 5) is 0. The average molecular weight is 376 g/mol. The zero-order chi connectivity index (χ0) is 19.2. The van der Waals surface area contributed by atoms with Crippen LogP contribution in [-0.4, -0.2) is 0 Å². The molecule has 2 aromatic carbocycles. The predicted octanol–water partition coefficient (Wildman–Crippen LogP) is 5.50. The van der Waals surface area contributed by atoms with Gasteiger partial charge in [0.1, 0.15) is 6.17 Å². The zero-order valence-electron chi connectivity index (χ0n) is 12.1. The molecule has 0 nitrogen and oxygen atoms in total. The van der Waals surface area contributed by atoms with Crippen molar-refractivity contribution in [2.75, 3.05) is 0 Å². The maximum Gasteiger partial charge on any atom is 0.200 e. The van der Waals surface area contributed by atoms with Gasteiger partial charge in [-0.2, -0.15) is 0 Å². The van der Waals surface area contributed by atoms with Crippen molar-refractivity contribution in [3.05, 3.63) is 69.0 Å². The predicted molar refractivity (Wildman–Crippen MR) is 64.8 cm³/mol. The lowest BCUT2D eigenvalue weighted by Crippen LogP contribution is -2.13. The van der Waals surface area contributed by atoms with Crippen LogP contribution >= 0.6 is 0 Å². The standard InChI is InChI=1S/C15H6F10/c1-3-7(17)9(19)4(10(20)8(3)18)2-5(16)6-11(21)13(23)15(25)14(24)12(6)22/h5H,2H2,1H3. The molecule has 0 bridgehead atoms. The summed E-state index contributed by atoms with van der Waals surface area (Å²) >= 11 is 0. The van der Waals surface area contributed by atoms with Crippen molar-refractivity contribution in [3.63, 3.8) is 0 Å². The van der Waals surface area contributed by atoms with Crippen LogP contribution in [0.4, 0.5) is 43.9 Å². The highest BCUT2D eigenvalue weighted by atomic mass is 19.2. The lowest BCUT2D eigenvalue weighted by Gasteiger charge is -2.15. The van der Waals surface area contributed by atoms with Crippen molar-refractivity contribution in [2.45, 2.75) is 19.5 Å². The molecule has 10 heteroatoms. The number of hydrogen-bond acceptors (Lipinski definition) is 0. The summed E-state index contributed by atoms with van der Waals surface area (Å²) in [6.07, 6.45) is -4.88. The van der Waals surface area contributed by atoms with E-state index in [1.165, 1.54) is 0 Å². The average Bonchev–Trinajstić information content (AvgIpc) is 2.58. The van der Waals surface area contributed by atoms with Gasteiger partial charge in [0.25, 0.3) is 0 Å². The van der Waals surface area contributed by atoms with Crippen molar-refractivity contribution in [3.8, 4) is 0 Å². The Kier molecular flexibility index (Phi) is 5.01. The largest absolute Gasteiger partial charge is 0.242 e. The summed E-state index contributed by atoms with van der Waals surface area (Å²) in [6.45, 7) is 0.678. The van der Waals surface area contributed by atoms with Crippen molar-refractivity contribution in [1.29, 1.82) is 0 Å². The molecule has 0 amide bonds. The second-order valence-corrected chi connectivity index (χ2v) is 5.01. The molecular formula is C15H6F10. The Morgan fingerprint density at radius 3 is 1.32 bits per heavy atom. The molecule has 0 N–H and O–H groups in total. The van der Waals surface area contributed by atoms with Gasteiger partial charge in [-0.25, -0.2) is 43.9 Å². The van der Waals surface area contributed by atoms with Crippen LogP contribution in [0, 0.1) is 59.3 Å². The molecule has 0 heterocycles. The van der Waals surface area contributed by atoms with E-state index in [1.807, 2.05) is 0 Å². The highest BCUT2D eigenvalue weighted by molar-refractivity contribution is 5.32. The first-order chi connectivity index (χ1) is 11.5. The maximum absolute atomic E-state index is 14.0. The monoisotopic (exact) mass is 376 g/mol. The lowest BCUT2D eigenvalue weighted by molar-refractivity contribution is 0.287. The van der Waals surface area contributed by atoms with Gasteiger partial charge in [-0.15, -0.1) is 0 Å². The van der Waals surface area contributed by atoms with Gasteiger partial charge >= 0.3 is 0 Å².